The lowest BCUT2D eigenvalue weighted by Crippen LogP contribution is -2.41. The number of ether oxygens (including phenoxy) is 2. The summed E-state index contributed by atoms with van der Waals surface area (Å²) in [7, 11) is -1.11. The van der Waals surface area contributed by atoms with Gasteiger partial charge in [-0.2, -0.15) is 0 Å². The second-order valence-electron chi connectivity index (χ2n) is 7.73. The van der Waals surface area contributed by atoms with Crippen molar-refractivity contribution in [1.82, 2.24) is 5.32 Å². The van der Waals surface area contributed by atoms with E-state index in [1.54, 1.807) is 48.2 Å². The average molecular weight is 515 g/mol. The topological polar surface area (TPSA) is 84.9 Å². The molecule has 35 heavy (non-hydrogen) atoms. The molecule has 0 aliphatic carbocycles. The van der Waals surface area contributed by atoms with Gasteiger partial charge in [0.05, 0.1) is 24.8 Å². The minimum atomic E-state index is -4.05. The molecule has 0 fully saturated rings. The van der Waals surface area contributed by atoms with Crippen LogP contribution in [-0.4, -0.2) is 47.4 Å². The Bertz CT molecular complexity index is 1220. The minimum Gasteiger partial charge on any atom is -0.497 e. The Labute approximate surface area is 211 Å². The van der Waals surface area contributed by atoms with Crippen LogP contribution < -0.4 is 19.1 Å². The fraction of sp³-hybridized carbons (Fsp3) is 0.269. The monoisotopic (exact) mass is 514 g/mol. The Kier molecular flexibility index (Phi) is 9.45. The number of benzene rings is 3. The van der Waals surface area contributed by atoms with Crippen molar-refractivity contribution in [2.24, 2.45) is 0 Å². The van der Waals surface area contributed by atoms with Gasteiger partial charge < -0.3 is 14.8 Å². The van der Waals surface area contributed by atoms with E-state index in [1.807, 2.05) is 6.92 Å². The minimum absolute atomic E-state index is 0.0761. The summed E-state index contributed by atoms with van der Waals surface area (Å²) in [5.41, 5.74) is 1.44. The number of aryl methyl sites for hydroxylation is 1. The molecule has 0 spiro atoms. The molecule has 0 aromatic heterocycles. The molecule has 7 nitrogen and oxygen atoms in total. The quantitative estimate of drug-likeness (QED) is 0.283. The summed E-state index contributed by atoms with van der Waals surface area (Å²) in [6.45, 7) is 2.09. The van der Waals surface area contributed by atoms with Gasteiger partial charge in [0.25, 0.3) is 10.0 Å². The smallest absolute Gasteiger partial charge is 0.264 e. The summed E-state index contributed by atoms with van der Waals surface area (Å²) in [6.07, 6.45) is 0.748. The molecule has 186 valence electrons. The van der Waals surface area contributed by atoms with Crippen LogP contribution in [0.2, 0.25) is 0 Å². The van der Waals surface area contributed by atoms with Gasteiger partial charge >= 0.3 is 0 Å². The molecule has 3 aromatic carbocycles. The summed E-state index contributed by atoms with van der Waals surface area (Å²) in [6, 6.07) is 21.1. The number of hydrogen-bond donors (Lipinski definition) is 1. The third-order valence-corrected chi connectivity index (χ3v) is 8.08. The maximum Gasteiger partial charge on any atom is 0.264 e. The Morgan fingerprint density at radius 2 is 1.69 bits per heavy atom. The molecule has 1 amide bonds. The number of amides is 1. The van der Waals surface area contributed by atoms with Gasteiger partial charge in [0.1, 0.15) is 18.0 Å². The van der Waals surface area contributed by atoms with E-state index in [1.165, 1.54) is 36.8 Å². The molecule has 0 saturated carbocycles. The highest BCUT2D eigenvalue weighted by Gasteiger charge is 2.29. The van der Waals surface area contributed by atoms with Gasteiger partial charge in [-0.3, -0.25) is 9.10 Å². The zero-order chi connectivity index (χ0) is 25.3. The molecule has 9 heteroatoms. The number of carbonyl (C=O) groups excluding carboxylic acids is 1. The van der Waals surface area contributed by atoms with Crippen molar-refractivity contribution in [3.05, 3.63) is 78.4 Å². The Hall–Kier alpha value is -3.17. The first-order valence-corrected chi connectivity index (χ1v) is 13.5. The van der Waals surface area contributed by atoms with Crippen LogP contribution in [0.1, 0.15) is 12.0 Å². The van der Waals surface area contributed by atoms with Crippen molar-refractivity contribution in [3.8, 4) is 11.5 Å². The standard InChI is InChI=1S/C26H30N2O5S2/c1-20-10-13-22(14-11-20)34-17-7-16-27-26(29)19-28(35(30,31)23-8-5-4-6-9-23)24-18-21(32-2)12-15-25(24)33-3/h4-6,8-15,18H,7,16-17,19H2,1-3H3,(H,27,29). The lowest BCUT2D eigenvalue weighted by molar-refractivity contribution is -0.119. The van der Waals surface area contributed by atoms with Crippen LogP contribution in [0, 0.1) is 6.92 Å². The van der Waals surface area contributed by atoms with E-state index in [2.05, 4.69) is 29.6 Å². The highest BCUT2D eigenvalue weighted by atomic mass is 32.2. The van der Waals surface area contributed by atoms with Crippen LogP contribution in [0.15, 0.2) is 82.6 Å². The number of sulfonamides is 1. The molecule has 0 aliphatic heterocycles. The van der Waals surface area contributed by atoms with Crippen molar-refractivity contribution in [2.45, 2.75) is 23.1 Å². The number of rotatable bonds is 12. The predicted octanol–water partition coefficient (Wildman–Crippen LogP) is 4.51. The number of carbonyl (C=O) groups is 1. The fourth-order valence-corrected chi connectivity index (χ4v) is 5.62. The molecule has 0 radical (unpaired) electrons. The zero-order valence-corrected chi connectivity index (χ0v) is 21.7. The lowest BCUT2D eigenvalue weighted by atomic mass is 10.2. The van der Waals surface area contributed by atoms with E-state index in [0.717, 1.165) is 16.5 Å². The van der Waals surface area contributed by atoms with Crippen molar-refractivity contribution in [1.29, 1.82) is 0 Å². The van der Waals surface area contributed by atoms with Crippen molar-refractivity contribution in [3.63, 3.8) is 0 Å². The molecular formula is C26H30N2O5S2. The van der Waals surface area contributed by atoms with E-state index >= 15 is 0 Å². The summed E-state index contributed by atoms with van der Waals surface area (Å²) < 4.78 is 38.8. The van der Waals surface area contributed by atoms with Gasteiger partial charge in [-0.15, -0.1) is 11.8 Å². The SMILES string of the molecule is COc1ccc(OC)c(N(CC(=O)NCCCSc2ccc(C)cc2)S(=O)(=O)c2ccccc2)c1. The number of nitrogens with one attached hydrogen (secondary N) is 1. The number of thioether (sulfide) groups is 1. The van der Waals surface area contributed by atoms with E-state index in [-0.39, 0.29) is 10.6 Å². The second-order valence-corrected chi connectivity index (χ2v) is 10.8. The summed E-state index contributed by atoms with van der Waals surface area (Å²) in [4.78, 5) is 14.1. The molecule has 0 aliphatic rings. The predicted molar refractivity (Wildman–Crippen MR) is 140 cm³/mol. The van der Waals surface area contributed by atoms with Crippen LogP contribution in [0.25, 0.3) is 0 Å². The average Bonchev–Trinajstić information content (AvgIpc) is 2.88. The van der Waals surface area contributed by atoms with Crippen LogP contribution in [0.4, 0.5) is 5.69 Å². The van der Waals surface area contributed by atoms with Gasteiger partial charge in [0.15, 0.2) is 0 Å². The summed E-state index contributed by atoms with van der Waals surface area (Å²) in [5.74, 6) is 1.18. The Morgan fingerprint density at radius 3 is 2.34 bits per heavy atom. The second kappa shape index (κ2) is 12.5. The van der Waals surface area contributed by atoms with E-state index in [4.69, 9.17) is 9.47 Å². The Balaban J connectivity index is 1.72. The Morgan fingerprint density at radius 1 is 0.971 bits per heavy atom. The third kappa shape index (κ3) is 7.16. The molecule has 0 saturated heterocycles. The molecule has 3 aromatic rings. The molecule has 3 rings (SSSR count). The summed E-state index contributed by atoms with van der Waals surface area (Å²) >= 11 is 1.71. The maximum absolute atomic E-state index is 13.5. The molecule has 0 heterocycles. The number of anilines is 1. The van der Waals surface area contributed by atoms with Crippen molar-refractivity contribution < 1.29 is 22.7 Å². The number of hydrogen-bond acceptors (Lipinski definition) is 6. The first-order valence-electron chi connectivity index (χ1n) is 11.1. The van der Waals surface area contributed by atoms with Gasteiger partial charge in [-0.05, 0) is 55.5 Å². The van der Waals surface area contributed by atoms with E-state index in [0.29, 0.717) is 18.0 Å². The normalized spacial score (nSPS) is 11.1. The van der Waals surface area contributed by atoms with Crippen LogP contribution in [0.3, 0.4) is 0 Å². The van der Waals surface area contributed by atoms with E-state index in [9.17, 15) is 13.2 Å². The highest BCUT2D eigenvalue weighted by Crippen LogP contribution is 2.35. The first kappa shape index (κ1) is 26.4. The molecule has 1 N–H and O–H groups in total. The third-order valence-electron chi connectivity index (χ3n) is 5.21. The number of nitrogens with zero attached hydrogens (tertiary/aromatic N) is 1. The highest BCUT2D eigenvalue weighted by molar-refractivity contribution is 7.99. The zero-order valence-electron chi connectivity index (χ0n) is 20.1. The molecule has 0 atom stereocenters. The largest absolute Gasteiger partial charge is 0.497 e. The first-order chi connectivity index (χ1) is 16.8. The molecular weight excluding hydrogens is 484 g/mol. The summed E-state index contributed by atoms with van der Waals surface area (Å²) in [5, 5.41) is 2.84. The van der Waals surface area contributed by atoms with Crippen LogP contribution in [0.5, 0.6) is 11.5 Å². The van der Waals surface area contributed by atoms with Crippen molar-refractivity contribution in [2.75, 3.05) is 37.4 Å². The van der Waals surface area contributed by atoms with Gasteiger partial charge in [-0.1, -0.05) is 35.9 Å². The molecule has 0 unspecified atom stereocenters. The van der Waals surface area contributed by atoms with Gasteiger partial charge in [0, 0.05) is 17.5 Å². The fourth-order valence-electron chi connectivity index (χ4n) is 3.32. The molecule has 0 bridgehead atoms. The van der Waals surface area contributed by atoms with Crippen LogP contribution >= 0.6 is 11.8 Å². The van der Waals surface area contributed by atoms with E-state index < -0.39 is 22.5 Å². The van der Waals surface area contributed by atoms with Gasteiger partial charge in [-0.25, -0.2) is 8.42 Å². The van der Waals surface area contributed by atoms with Crippen molar-refractivity contribution >= 4 is 33.4 Å². The lowest BCUT2D eigenvalue weighted by Gasteiger charge is -2.26. The van der Waals surface area contributed by atoms with Crippen LogP contribution in [-0.2, 0) is 14.8 Å². The number of methoxy groups -OCH3 is 2. The van der Waals surface area contributed by atoms with Gasteiger partial charge in [0.2, 0.25) is 5.91 Å². The maximum atomic E-state index is 13.5.